The third-order valence-corrected chi connectivity index (χ3v) is 10.00. The molecule has 0 unspecified atom stereocenters. The second-order valence-electron chi connectivity index (χ2n) is 13.0. The highest BCUT2D eigenvalue weighted by atomic mass is 15.2. The first-order valence-electron chi connectivity index (χ1n) is 17.3. The van der Waals surface area contributed by atoms with Crippen molar-refractivity contribution < 1.29 is 0 Å². The van der Waals surface area contributed by atoms with Gasteiger partial charge in [0.05, 0.1) is 22.2 Å². The van der Waals surface area contributed by atoms with E-state index in [4.69, 9.17) is 9.97 Å². The van der Waals surface area contributed by atoms with Gasteiger partial charge in [0.2, 0.25) is 5.95 Å². The lowest BCUT2D eigenvalue weighted by Crippen LogP contribution is -2.04. The van der Waals surface area contributed by atoms with Gasteiger partial charge in [0.15, 0.2) is 0 Å². The fraction of sp³-hybridized carbons (Fsp3) is 0. The van der Waals surface area contributed by atoms with Crippen LogP contribution < -0.4 is 0 Å². The maximum absolute atomic E-state index is 5.44. The van der Waals surface area contributed by atoms with Gasteiger partial charge in [-0.1, -0.05) is 158 Å². The first-order valence-corrected chi connectivity index (χ1v) is 17.3. The van der Waals surface area contributed by atoms with E-state index >= 15 is 0 Å². The predicted molar refractivity (Wildman–Crippen MR) is 213 cm³/mol. The van der Waals surface area contributed by atoms with E-state index in [9.17, 15) is 0 Å². The van der Waals surface area contributed by atoms with E-state index in [1.165, 1.54) is 32.7 Å². The highest BCUT2D eigenvalue weighted by Gasteiger charge is 2.20. The summed E-state index contributed by atoms with van der Waals surface area (Å²) in [4.78, 5) is 10.8. The number of benzene rings is 8. The standard InChI is InChI=1S/C48H31N3/c1-4-14-32(15-5-1)33-24-26-35(27-25-33)40-30-43-44(31-41(40)34-16-6-2-7-17-34)49-48(50-47(43)36-18-8-3-9-19-36)51-45-23-13-12-22-39(45)42-28-37-20-10-11-21-38(37)29-46(42)51/h1-31H. The summed E-state index contributed by atoms with van der Waals surface area (Å²) in [5.74, 6) is 0.654. The number of nitrogens with zero attached hydrogens (tertiary/aromatic N) is 3. The van der Waals surface area contributed by atoms with Gasteiger partial charge in [0, 0.05) is 21.7 Å². The molecule has 0 N–H and O–H groups in total. The summed E-state index contributed by atoms with van der Waals surface area (Å²) >= 11 is 0. The van der Waals surface area contributed by atoms with Gasteiger partial charge in [-0.3, -0.25) is 4.57 Å². The predicted octanol–water partition coefficient (Wildman–Crippen LogP) is 12.5. The van der Waals surface area contributed by atoms with Crippen LogP contribution in [0.15, 0.2) is 188 Å². The van der Waals surface area contributed by atoms with E-state index in [0.29, 0.717) is 5.95 Å². The van der Waals surface area contributed by atoms with Crippen molar-refractivity contribution in [3.63, 3.8) is 0 Å². The molecule has 0 aliphatic rings. The highest BCUT2D eigenvalue weighted by Crippen LogP contribution is 2.40. The third-order valence-electron chi connectivity index (χ3n) is 10.00. The van der Waals surface area contributed by atoms with Crippen LogP contribution >= 0.6 is 0 Å². The van der Waals surface area contributed by atoms with E-state index in [-0.39, 0.29) is 0 Å². The molecule has 0 amide bonds. The number of hydrogen-bond donors (Lipinski definition) is 0. The Morgan fingerprint density at radius 2 is 0.863 bits per heavy atom. The molecular weight excluding hydrogens is 619 g/mol. The second-order valence-corrected chi connectivity index (χ2v) is 13.0. The van der Waals surface area contributed by atoms with Gasteiger partial charge in [-0.05, 0) is 74.5 Å². The summed E-state index contributed by atoms with van der Waals surface area (Å²) in [7, 11) is 0. The molecule has 0 aliphatic heterocycles. The molecule has 2 heterocycles. The molecule has 3 nitrogen and oxygen atoms in total. The minimum atomic E-state index is 0.654. The molecule has 2 aromatic heterocycles. The normalized spacial score (nSPS) is 11.5. The molecule has 0 fully saturated rings. The maximum Gasteiger partial charge on any atom is 0.235 e. The molecule has 0 atom stereocenters. The first-order chi connectivity index (χ1) is 25.3. The van der Waals surface area contributed by atoms with Gasteiger partial charge in [0.1, 0.15) is 0 Å². The van der Waals surface area contributed by atoms with Crippen molar-refractivity contribution in [2.24, 2.45) is 0 Å². The van der Waals surface area contributed by atoms with Crippen LogP contribution in [0, 0.1) is 0 Å². The van der Waals surface area contributed by atoms with Crippen molar-refractivity contribution in [2.45, 2.75) is 0 Å². The lowest BCUT2D eigenvalue weighted by molar-refractivity contribution is 1.01. The van der Waals surface area contributed by atoms with Gasteiger partial charge in [-0.25, -0.2) is 9.97 Å². The van der Waals surface area contributed by atoms with E-state index < -0.39 is 0 Å². The van der Waals surface area contributed by atoms with Gasteiger partial charge >= 0.3 is 0 Å². The summed E-state index contributed by atoms with van der Waals surface area (Å²) in [5, 5.41) is 5.79. The molecule has 0 bridgehead atoms. The highest BCUT2D eigenvalue weighted by molar-refractivity contribution is 6.13. The molecule has 0 saturated heterocycles. The monoisotopic (exact) mass is 649 g/mol. The zero-order chi connectivity index (χ0) is 33.7. The summed E-state index contributed by atoms with van der Waals surface area (Å²) < 4.78 is 2.24. The maximum atomic E-state index is 5.44. The Balaban J connectivity index is 1.26. The number of hydrogen-bond acceptors (Lipinski definition) is 2. The van der Waals surface area contributed by atoms with Gasteiger partial charge in [-0.15, -0.1) is 0 Å². The Hall–Kier alpha value is -6.84. The van der Waals surface area contributed by atoms with E-state index in [1.807, 2.05) is 0 Å². The molecular formula is C48H31N3. The molecule has 10 aromatic rings. The van der Waals surface area contributed by atoms with Gasteiger partial charge in [0.25, 0.3) is 0 Å². The van der Waals surface area contributed by atoms with Crippen LogP contribution in [-0.4, -0.2) is 14.5 Å². The fourth-order valence-electron chi connectivity index (χ4n) is 7.52. The second kappa shape index (κ2) is 11.9. The van der Waals surface area contributed by atoms with E-state index in [0.717, 1.165) is 55.4 Å². The molecule has 238 valence electrons. The molecule has 0 spiro atoms. The van der Waals surface area contributed by atoms with Crippen molar-refractivity contribution in [3.8, 4) is 50.6 Å². The Morgan fingerprint density at radius 1 is 0.333 bits per heavy atom. The molecule has 10 rings (SSSR count). The lowest BCUT2D eigenvalue weighted by atomic mass is 9.91. The van der Waals surface area contributed by atoms with Crippen LogP contribution in [0.25, 0.3) is 94.1 Å². The summed E-state index contributed by atoms with van der Waals surface area (Å²) in [6.45, 7) is 0. The average molecular weight is 650 g/mol. The minimum absolute atomic E-state index is 0.654. The summed E-state index contributed by atoms with van der Waals surface area (Å²) in [6, 6.07) is 66.8. The number of para-hydroxylation sites is 1. The Kier molecular flexibility index (Phi) is 6.81. The zero-order valence-corrected chi connectivity index (χ0v) is 27.7. The van der Waals surface area contributed by atoms with E-state index in [2.05, 4.69) is 193 Å². The van der Waals surface area contributed by atoms with Crippen LogP contribution in [0.1, 0.15) is 0 Å². The Morgan fingerprint density at radius 3 is 1.59 bits per heavy atom. The first kappa shape index (κ1) is 29.1. The van der Waals surface area contributed by atoms with Crippen molar-refractivity contribution in [2.75, 3.05) is 0 Å². The molecule has 0 radical (unpaired) electrons. The van der Waals surface area contributed by atoms with Crippen molar-refractivity contribution in [1.82, 2.24) is 14.5 Å². The summed E-state index contributed by atoms with van der Waals surface area (Å²) in [6.07, 6.45) is 0. The van der Waals surface area contributed by atoms with Gasteiger partial charge < -0.3 is 0 Å². The quantitative estimate of drug-likeness (QED) is 0.186. The molecule has 0 aliphatic carbocycles. The van der Waals surface area contributed by atoms with Crippen molar-refractivity contribution in [1.29, 1.82) is 0 Å². The molecule has 0 saturated carbocycles. The lowest BCUT2D eigenvalue weighted by Gasteiger charge is -2.16. The fourth-order valence-corrected chi connectivity index (χ4v) is 7.52. The van der Waals surface area contributed by atoms with Gasteiger partial charge in [-0.2, -0.15) is 0 Å². The van der Waals surface area contributed by atoms with Crippen LogP contribution in [0.2, 0.25) is 0 Å². The van der Waals surface area contributed by atoms with Crippen LogP contribution in [0.5, 0.6) is 0 Å². The number of rotatable bonds is 5. The Labute approximate surface area is 295 Å². The van der Waals surface area contributed by atoms with Crippen LogP contribution in [-0.2, 0) is 0 Å². The zero-order valence-electron chi connectivity index (χ0n) is 27.7. The van der Waals surface area contributed by atoms with Crippen molar-refractivity contribution >= 4 is 43.5 Å². The van der Waals surface area contributed by atoms with Crippen molar-refractivity contribution in [3.05, 3.63) is 188 Å². The van der Waals surface area contributed by atoms with E-state index in [1.54, 1.807) is 0 Å². The largest absolute Gasteiger partial charge is 0.278 e. The topological polar surface area (TPSA) is 30.7 Å². The summed E-state index contributed by atoms with van der Waals surface area (Å²) in [5.41, 5.74) is 12.0. The van der Waals surface area contributed by atoms with Crippen LogP contribution in [0.3, 0.4) is 0 Å². The average Bonchev–Trinajstić information content (AvgIpc) is 3.53. The minimum Gasteiger partial charge on any atom is -0.278 e. The molecule has 51 heavy (non-hydrogen) atoms. The molecule has 8 aromatic carbocycles. The van der Waals surface area contributed by atoms with Crippen LogP contribution in [0.4, 0.5) is 0 Å². The molecule has 3 heteroatoms. The SMILES string of the molecule is c1ccc(-c2ccc(-c3cc4c(-c5ccccc5)nc(-n5c6ccccc6c6cc7ccccc7cc65)nc4cc3-c3ccccc3)cc2)cc1. The Bertz CT molecular complexity index is 2870. The number of aromatic nitrogens is 3. The number of fused-ring (bicyclic) bond motifs is 5. The third kappa shape index (κ3) is 4.98. The smallest absolute Gasteiger partial charge is 0.235 e.